The molecular weight excluding hydrogens is 300 g/mol. The van der Waals surface area contributed by atoms with Gasteiger partial charge in [-0.2, -0.15) is 0 Å². The summed E-state index contributed by atoms with van der Waals surface area (Å²) in [7, 11) is 0. The molecule has 4 heteroatoms. The van der Waals surface area contributed by atoms with Crippen molar-refractivity contribution in [2.45, 2.75) is 39.2 Å². The van der Waals surface area contributed by atoms with Gasteiger partial charge in [0.05, 0.1) is 0 Å². The molecule has 2 heterocycles. The molecule has 0 aromatic heterocycles. The molecule has 4 nitrogen and oxygen atoms in total. The number of likely N-dealkylation sites (tertiary alicyclic amines) is 2. The quantitative estimate of drug-likeness (QED) is 0.923. The number of aliphatic hydroxyl groups is 1. The Morgan fingerprint density at radius 3 is 2.25 bits per heavy atom. The first-order chi connectivity index (χ1) is 11.7. The molecule has 2 aliphatic heterocycles. The molecule has 3 rings (SSSR count). The lowest BCUT2D eigenvalue weighted by Crippen LogP contribution is -2.37. The smallest absolute Gasteiger partial charge is 0.253 e. The number of rotatable bonds is 4. The molecule has 0 saturated carbocycles. The summed E-state index contributed by atoms with van der Waals surface area (Å²) in [6.45, 7) is 7.41. The largest absolute Gasteiger partial charge is 0.396 e. The van der Waals surface area contributed by atoms with Gasteiger partial charge in [0.1, 0.15) is 0 Å². The average molecular weight is 330 g/mol. The third kappa shape index (κ3) is 4.37. The van der Waals surface area contributed by atoms with Gasteiger partial charge in [0.25, 0.3) is 5.91 Å². The van der Waals surface area contributed by atoms with Gasteiger partial charge in [-0.3, -0.25) is 9.69 Å². The van der Waals surface area contributed by atoms with Crippen LogP contribution in [-0.4, -0.2) is 53.6 Å². The predicted octanol–water partition coefficient (Wildman–Crippen LogP) is 2.76. The second-order valence-electron chi connectivity index (χ2n) is 7.57. The van der Waals surface area contributed by atoms with E-state index in [9.17, 15) is 9.90 Å². The van der Waals surface area contributed by atoms with E-state index in [1.165, 1.54) is 5.56 Å². The van der Waals surface area contributed by atoms with Crippen molar-refractivity contribution >= 4 is 5.91 Å². The van der Waals surface area contributed by atoms with Crippen molar-refractivity contribution in [2.75, 3.05) is 32.8 Å². The van der Waals surface area contributed by atoms with E-state index in [2.05, 4.69) is 24.0 Å². The molecule has 0 spiro atoms. The average Bonchev–Trinajstić information content (AvgIpc) is 2.63. The first kappa shape index (κ1) is 17.4. The maximum atomic E-state index is 12.6. The van der Waals surface area contributed by atoms with Crippen molar-refractivity contribution in [3.05, 3.63) is 35.4 Å². The van der Waals surface area contributed by atoms with E-state index >= 15 is 0 Å². The van der Waals surface area contributed by atoms with Crippen molar-refractivity contribution in [1.82, 2.24) is 9.80 Å². The molecule has 0 atom stereocenters. The van der Waals surface area contributed by atoms with Crippen LogP contribution in [0.3, 0.4) is 0 Å². The summed E-state index contributed by atoms with van der Waals surface area (Å²) in [6, 6.07) is 8.15. The van der Waals surface area contributed by atoms with Crippen LogP contribution in [0, 0.1) is 11.8 Å². The maximum absolute atomic E-state index is 12.6. The molecule has 0 unspecified atom stereocenters. The zero-order valence-electron chi connectivity index (χ0n) is 14.8. The van der Waals surface area contributed by atoms with Crippen LogP contribution in [0.1, 0.15) is 48.5 Å². The Morgan fingerprint density at radius 1 is 1.04 bits per heavy atom. The number of hydrogen-bond acceptors (Lipinski definition) is 3. The van der Waals surface area contributed by atoms with Crippen LogP contribution < -0.4 is 0 Å². The van der Waals surface area contributed by atoms with Gasteiger partial charge >= 0.3 is 0 Å². The van der Waals surface area contributed by atoms with Crippen molar-refractivity contribution in [2.24, 2.45) is 11.8 Å². The fourth-order valence-electron chi connectivity index (χ4n) is 3.73. The summed E-state index contributed by atoms with van der Waals surface area (Å²) in [4.78, 5) is 17.0. The summed E-state index contributed by atoms with van der Waals surface area (Å²) >= 11 is 0. The van der Waals surface area contributed by atoms with E-state index in [0.29, 0.717) is 12.5 Å². The van der Waals surface area contributed by atoms with Crippen LogP contribution in [0.4, 0.5) is 0 Å². The number of amides is 1. The molecule has 24 heavy (non-hydrogen) atoms. The van der Waals surface area contributed by atoms with Gasteiger partial charge < -0.3 is 10.0 Å². The second kappa shape index (κ2) is 8.13. The number of benzene rings is 1. The van der Waals surface area contributed by atoms with Gasteiger partial charge in [-0.25, -0.2) is 0 Å². The second-order valence-corrected chi connectivity index (χ2v) is 7.57. The number of carbonyl (C=O) groups excluding carboxylic acids is 1. The van der Waals surface area contributed by atoms with E-state index in [-0.39, 0.29) is 5.91 Å². The predicted molar refractivity (Wildman–Crippen MR) is 95.8 cm³/mol. The van der Waals surface area contributed by atoms with Gasteiger partial charge in [-0.15, -0.1) is 0 Å². The molecule has 1 aromatic rings. The molecule has 2 saturated heterocycles. The van der Waals surface area contributed by atoms with Crippen molar-refractivity contribution < 1.29 is 9.90 Å². The molecule has 1 aromatic carbocycles. The summed E-state index contributed by atoms with van der Waals surface area (Å²) in [5.74, 6) is 1.40. The van der Waals surface area contributed by atoms with Crippen LogP contribution in [0.25, 0.3) is 0 Å². The Balaban J connectivity index is 1.52. The number of piperidine rings is 2. The van der Waals surface area contributed by atoms with Crippen LogP contribution in [-0.2, 0) is 6.54 Å². The highest BCUT2D eigenvalue weighted by molar-refractivity contribution is 5.94. The standard InChI is InChI=1S/C20H30N2O2/c1-16-6-12-22(13-7-16)20(24)19-4-2-17(3-5-19)14-21-10-8-18(15-23)9-11-21/h2-5,16,18,23H,6-15H2,1H3. The van der Waals surface area contributed by atoms with Crippen LogP contribution >= 0.6 is 0 Å². The maximum Gasteiger partial charge on any atom is 0.253 e. The third-order valence-electron chi connectivity index (χ3n) is 5.64. The minimum Gasteiger partial charge on any atom is -0.396 e. The van der Waals surface area contributed by atoms with E-state index < -0.39 is 0 Å². The Bertz CT molecular complexity index is 527. The van der Waals surface area contributed by atoms with Gasteiger partial charge in [0.2, 0.25) is 0 Å². The highest BCUT2D eigenvalue weighted by atomic mass is 16.3. The zero-order chi connectivity index (χ0) is 16.9. The van der Waals surface area contributed by atoms with E-state index in [1.807, 2.05) is 17.0 Å². The summed E-state index contributed by atoms with van der Waals surface area (Å²) < 4.78 is 0. The van der Waals surface area contributed by atoms with Gasteiger partial charge in [0, 0.05) is 31.8 Å². The lowest BCUT2D eigenvalue weighted by Gasteiger charge is -2.31. The highest BCUT2D eigenvalue weighted by Gasteiger charge is 2.22. The highest BCUT2D eigenvalue weighted by Crippen LogP contribution is 2.20. The van der Waals surface area contributed by atoms with Crippen molar-refractivity contribution in [3.8, 4) is 0 Å². The summed E-state index contributed by atoms with van der Waals surface area (Å²) in [5.41, 5.74) is 2.08. The number of carbonyl (C=O) groups is 1. The summed E-state index contributed by atoms with van der Waals surface area (Å²) in [5, 5.41) is 9.22. The first-order valence-electron chi connectivity index (χ1n) is 9.37. The molecule has 1 N–H and O–H groups in total. The topological polar surface area (TPSA) is 43.8 Å². The first-order valence-corrected chi connectivity index (χ1v) is 9.37. The van der Waals surface area contributed by atoms with Gasteiger partial charge in [-0.05, 0) is 68.3 Å². The minimum atomic E-state index is 0.178. The molecule has 2 fully saturated rings. The lowest BCUT2D eigenvalue weighted by molar-refractivity contribution is 0.0697. The van der Waals surface area contributed by atoms with Crippen LogP contribution in [0.15, 0.2) is 24.3 Å². The Hall–Kier alpha value is -1.39. The fourth-order valence-corrected chi connectivity index (χ4v) is 3.73. The number of nitrogens with zero attached hydrogens (tertiary/aromatic N) is 2. The number of aliphatic hydroxyl groups excluding tert-OH is 1. The molecular formula is C20H30N2O2. The molecule has 0 radical (unpaired) electrons. The zero-order valence-corrected chi connectivity index (χ0v) is 14.8. The van der Waals surface area contributed by atoms with Crippen molar-refractivity contribution in [1.29, 1.82) is 0 Å². The van der Waals surface area contributed by atoms with Gasteiger partial charge in [-0.1, -0.05) is 19.1 Å². The molecule has 0 bridgehead atoms. The van der Waals surface area contributed by atoms with Crippen molar-refractivity contribution in [3.63, 3.8) is 0 Å². The SMILES string of the molecule is CC1CCN(C(=O)c2ccc(CN3CCC(CO)CC3)cc2)CC1. The molecule has 0 aliphatic carbocycles. The Labute approximate surface area is 145 Å². The minimum absolute atomic E-state index is 0.178. The molecule has 2 aliphatic rings. The normalized spacial score (nSPS) is 21.2. The van der Waals surface area contributed by atoms with Crippen LogP contribution in [0.5, 0.6) is 0 Å². The van der Waals surface area contributed by atoms with E-state index in [0.717, 1.165) is 69.9 Å². The Morgan fingerprint density at radius 2 is 1.67 bits per heavy atom. The molecule has 1 amide bonds. The van der Waals surface area contributed by atoms with E-state index in [4.69, 9.17) is 0 Å². The monoisotopic (exact) mass is 330 g/mol. The Kier molecular flexibility index (Phi) is 5.90. The summed E-state index contributed by atoms with van der Waals surface area (Å²) in [6.07, 6.45) is 4.40. The molecule has 132 valence electrons. The number of hydrogen-bond donors (Lipinski definition) is 1. The van der Waals surface area contributed by atoms with Gasteiger partial charge in [0.15, 0.2) is 0 Å². The lowest BCUT2D eigenvalue weighted by atomic mass is 9.97. The fraction of sp³-hybridized carbons (Fsp3) is 0.650. The van der Waals surface area contributed by atoms with Crippen LogP contribution in [0.2, 0.25) is 0 Å². The van der Waals surface area contributed by atoms with E-state index in [1.54, 1.807) is 0 Å². The third-order valence-corrected chi connectivity index (χ3v) is 5.64.